The zero-order valence-electron chi connectivity index (χ0n) is 6.72. The summed E-state index contributed by atoms with van der Waals surface area (Å²) in [6.45, 7) is 4.39. The van der Waals surface area contributed by atoms with Crippen LogP contribution in [0.15, 0.2) is 0 Å². The molecule has 1 N–H and O–H groups in total. The van der Waals surface area contributed by atoms with Crippen LogP contribution in [-0.4, -0.2) is 25.7 Å². The molecule has 1 atom stereocenters. The predicted molar refractivity (Wildman–Crippen MR) is 40.0 cm³/mol. The lowest BCUT2D eigenvalue weighted by Gasteiger charge is -2.27. The zero-order chi connectivity index (χ0) is 7.90. The second-order valence-electron chi connectivity index (χ2n) is 3.47. The van der Waals surface area contributed by atoms with Gasteiger partial charge in [-0.3, -0.25) is 4.79 Å². The third-order valence-corrected chi connectivity index (χ3v) is 2.71. The highest BCUT2D eigenvalue weighted by molar-refractivity contribution is 5.77. The Labute approximate surface area is 66.1 Å². The molecule has 1 aliphatic carbocycles. The fraction of sp³-hybridized carbons (Fsp3) is 0.875. The summed E-state index contributed by atoms with van der Waals surface area (Å²) in [6.07, 6.45) is 1.04. The number of esters is 1. The Balaban J connectivity index is 1.85. The van der Waals surface area contributed by atoms with Gasteiger partial charge < -0.3 is 10.1 Å². The van der Waals surface area contributed by atoms with Gasteiger partial charge in [0.05, 0.1) is 12.5 Å². The monoisotopic (exact) mass is 155 g/mol. The molecule has 0 aromatic carbocycles. The molecule has 1 heterocycles. The fourth-order valence-corrected chi connectivity index (χ4v) is 1.76. The van der Waals surface area contributed by atoms with Gasteiger partial charge in [0.15, 0.2) is 0 Å². The summed E-state index contributed by atoms with van der Waals surface area (Å²) in [4.78, 5) is 11.2. The third kappa shape index (κ3) is 0.948. The first-order valence-corrected chi connectivity index (χ1v) is 4.16. The van der Waals surface area contributed by atoms with E-state index >= 15 is 0 Å². The maximum atomic E-state index is 11.2. The molecule has 1 aliphatic heterocycles. The molecule has 0 aromatic heterocycles. The van der Waals surface area contributed by atoms with E-state index in [2.05, 4.69) is 5.32 Å². The molecular formula is C8H13NO2. The molecule has 62 valence electrons. The molecule has 2 fully saturated rings. The Morgan fingerprint density at radius 3 is 2.82 bits per heavy atom. The van der Waals surface area contributed by atoms with Crippen LogP contribution in [0.3, 0.4) is 0 Å². The van der Waals surface area contributed by atoms with E-state index in [1.165, 1.54) is 0 Å². The number of carbonyl (C=O) groups excluding carboxylic acids is 1. The Kier molecular flexibility index (Phi) is 1.42. The first kappa shape index (κ1) is 7.10. The van der Waals surface area contributed by atoms with Crippen molar-refractivity contribution in [1.82, 2.24) is 5.32 Å². The lowest BCUT2D eigenvalue weighted by Crippen LogP contribution is -2.46. The second kappa shape index (κ2) is 2.21. The van der Waals surface area contributed by atoms with Gasteiger partial charge in [-0.05, 0) is 13.3 Å². The van der Waals surface area contributed by atoms with E-state index in [1.54, 1.807) is 0 Å². The van der Waals surface area contributed by atoms with Crippen molar-refractivity contribution in [2.75, 3.05) is 19.7 Å². The fourth-order valence-electron chi connectivity index (χ4n) is 1.76. The topological polar surface area (TPSA) is 38.3 Å². The van der Waals surface area contributed by atoms with Crippen molar-refractivity contribution in [2.45, 2.75) is 13.3 Å². The minimum atomic E-state index is 0.00833. The van der Waals surface area contributed by atoms with Gasteiger partial charge in [-0.2, -0.15) is 0 Å². The molecule has 1 saturated carbocycles. The summed E-state index contributed by atoms with van der Waals surface area (Å²) in [5, 5.41) is 3.18. The Bertz CT molecular complexity index is 187. The molecule has 3 nitrogen and oxygen atoms in total. The van der Waals surface area contributed by atoms with Gasteiger partial charge in [0.2, 0.25) is 0 Å². The van der Waals surface area contributed by atoms with Crippen molar-refractivity contribution in [3.8, 4) is 0 Å². The van der Waals surface area contributed by atoms with Crippen molar-refractivity contribution in [3.05, 3.63) is 0 Å². The Morgan fingerprint density at radius 2 is 2.45 bits per heavy atom. The van der Waals surface area contributed by atoms with Crippen LogP contribution < -0.4 is 5.32 Å². The molecule has 2 rings (SSSR count). The number of carbonyl (C=O) groups is 1. The van der Waals surface area contributed by atoms with Gasteiger partial charge >= 0.3 is 5.97 Å². The van der Waals surface area contributed by atoms with Crippen molar-refractivity contribution in [3.63, 3.8) is 0 Å². The molecule has 0 bridgehead atoms. The van der Waals surface area contributed by atoms with E-state index < -0.39 is 0 Å². The third-order valence-electron chi connectivity index (χ3n) is 2.71. The van der Waals surface area contributed by atoms with Crippen LogP contribution in [0.25, 0.3) is 0 Å². The molecule has 2 aliphatic rings. The number of hydrogen-bond donors (Lipinski definition) is 1. The average Bonchev–Trinajstić information content (AvgIpc) is 2.60. The van der Waals surface area contributed by atoms with E-state index in [4.69, 9.17) is 4.74 Å². The summed E-state index contributed by atoms with van der Waals surface area (Å²) in [5.74, 6) is 0.220. The summed E-state index contributed by atoms with van der Waals surface area (Å²) in [7, 11) is 0. The minimum absolute atomic E-state index is 0.00833. The van der Waals surface area contributed by atoms with Gasteiger partial charge in [0, 0.05) is 18.5 Å². The van der Waals surface area contributed by atoms with Crippen LogP contribution in [0, 0.1) is 11.3 Å². The predicted octanol–water partition coefficient (Wildman–Crippen LogP) is 0.159. The van der Waals surface area contributed by atoms with Crippen molar-refractivity contribution >= 4 is 5.97 Å². The lowest BCUT2D eigenvalue weighted by molar-refractivity contribution is -0.146. The van der Waals surface area contributed by atoms with Crippen LogP contribution in [0.2, 0.25) is 0 Å². The van der Waals surface area contributed by atoms with Crippen LogP contribution in [0.1, 0.15) is 13.3 Å². The molecular weight excluding hydrogens is 142 g/mol. The molecule has 0 radical (unpaired) electrons. The van der Waals surface area contributed by atoms with E-state index in [9.17, 15) is 4.79 Å². The van der Waals surface area contributed by atoms with Crippen molar-refractivity contribution in [2.24, 2.45) is 11.3 Å². The number of ether oxygens (including phenoxy) is 1. The minimum Gasteiger partial charge on any atom is -0.466 e. The van der Waals surface area contributed by atoms with Crippen LogP contribution in [0.4, 0.5) is 0 Å². The normalized spacial score (nSPS) is 31.2. The smallest absolute Gasteiger partial charge is 0.309 e. The number of hydrogen-bond acceptors (Lipinski definition) is 3. The standard InChI is InChI=1S/C8H13NO2/c1-2-11-7(10)6-3-8(6)4-9-5-8/h6,9H,2-5H2,1H3/t6-/m1/s1. The largest absolute Gasteiger partial charge is 0.466 e. The molecule has 11 heavy (non-hydrogen) atoms. The summed E-state index contributed by atoms with van der Waals surface area (Å²) in [5.41, 5.74) is 0.326. The van der Waals surface area contributed by atoms with Gasteiger partial charge in [-0.15, -0.1) is 0 Å². The van der Waals surface area contributed by atoms with E-state index in [1.807, 2.05) is 6.92 Å². The van der Waals surface area contributed by atoms with Crippen LogP contribution >= 0.6 is 0 Å². The maximum Gasteiger partial charge on any atom is 0.309 e. The molecule has 1 saturated heterocycles. The van der Waals surface area contributed by atoms with E-state index in [0.717, 1.165) is 19.5 Å². The van der Waals surface area contributed by atoms with E-state index in [0.29, 0.717) is 12.0 Å². The number of nitrogens with one attached hydrogen (secondary N) is 1. The number of rotatable bonds is 2. The van der Waals surface area contributed by atoms with Gasteiger partial charge in [-0.25, -0.2) is 0 Å². The first-order valence-electron chi connectivity index (χ1n) is 4.16. The van der Waals surface area contributed by atoms with E-state index in [-0.39, 0.29) is 11.9 Å². The molecule has 0 unspecified atom stereocenters. The molecule has 0 aromatic rings. The van der Waals surface area contributed by atoms with Gasteiger partial charge in [0.1, 0.15) is 0 Å². The second-order valence-corrected chi connectivity index (χ2v) is 3.47. The first-order chi connectivity index (χ1) is 5.28. The molecule has 3 heteroatoms. The lowest BCUT2D eigenvalue weighted by atomic mass is 9.97. The highest BCUT2D eigenvalue weighted by atomic mass is 16.5. The van der Waals surface area contributed by atoms with Crippen LogP contribution in [-0.2, 0) is 9.53 Å². The summed E-state index contributed by atoms with van der Waals surface area (Å²) < 4.78 is 4.93. The summed E-state index contributed by atoms with van der Waals surface area (Å²) >= 11 is 0. The molecule has 0 amide bonds. The van der Waals surface area contributed by atoms with Gasteiger partial charge in [0.25, 0.3) is 0 Å². The Hall–Kier alpha value is -0.570. The van der Waals surface area contributed by atoms with Crippen LogP contribution in [0.5, 0.6) is 0 Å². The zero-order valence-corrected chi connectivity index (χ0v) is 6.72. The highest BCUT2D eigenvalue weighted by Crippen LogP contribution is 2.55. The quantitative estimate of drug-likeness (QED) is 0.577. The van der Waals surface area contributed by atoms with Crippen molar-refractivity contribution < 1.29 is 9.53 Å². The Morgan fingerprint density at radius 1 is 1.73 bits per heavy atom. The maximum absolute atomic E-state index is 11.2. The summed E-state index contributed by atoms with van der Waals surface area (Å²) in [6, 6.07) is 0. The van der Waals surface area contributed by atoms with Gasteiger partial charge in [-0.1, -0.05) is 0 Å². The van der Waals surface area contributed by atoms with Crippen molar-refractivity contribution in [1.29, 1.82) is 0 Å². The highest BCUT2D eigenvalue weighted by Gasteiger charge is 2.62. The average molecular weight is 155 g/mol. The SMILES string of the molecule is CCOC(=O)[C@H]1CC12CNC2. The molecule has 1 spiro atoms.